The van der Waals surface area contributed by atoms with Gasteiger partial charge in [-0.2, -0.15) is 0 Å². The molecule has 2 nitrogen and oxygen atoms in total. The lowest BCUT2D eigenvalue weighted by molar-refractivity contribution is 0.177. The van der Waals surface area contributed by atoms with Crippen molar-refractivity contribution < 1.29 is 5.11 Å². The standard InChI is InChI=1S/C19H25NO/c1-5-14-6-11-17(20-13-14)12-18(21)15-7-9-16(10-8-15)19(2,3)4/h6-11,13,18,21H,5,12H2,1-4H3. The van der Waals surface area contributed by atoms with E-state index in [1.165, 1.54) is 11.1 Å². The summed E-state index contributed by atoms with van der Waals surface area (Å²) in [6.07, 6.45) is 2.94. The number of aryl methyl sites for hydroxylation is 1. The van der Waals surface area contributed by atoms with Gasteiger partial charge in [-0.1, -0.05) is 58.0 Å². The van der Waals surface area contributed by atoms with Gasteiger partial charge in [-0.3, -0.25) is 4.98 Å². The predicted molar refractivity (Wildman–Crippen MR) is 87.4 cm³/mol. The Labute approximate surface area is 127 Å². The fourth-order valence-corrected chi connectivity index (χ4v) is 2.31. The normalized spacial score (nSPS) is 13.2. The highest BCUT2D eigenvalue weighted by Crippen LogP contribution is 2.25. The van der Waals surface area contributed by atoms with Gasteiger partial charge in [0.2, 0.25) is 0 Å². The van der Waals surface area contributed by atoms with Crippen LogP contribution in [0.15, 0.2) is 42.6 Å². The van der Waals surface area contributed by atoms with Crippen molar-refractivity contribution in [1.29, 1.82) is 0 Å². The molecule has 0 radical (unpaired) electrons. The third kappa shape index (κ3) is 4.15. The van der Waals surface area contributed by atoms with Crippen molar-refractivity contribution in [2.45, 2.75) is 52.1 Å². The molecule has 1 atom stereocenters. The van der Waals surface area contributed by atoms with Gasteiger partial charge in [0.1, 0.15) is 0 Å². The van der Waals surface area contributed by atoms with Gasteiger partial charge >= 0.3 is 0 Å². The van der Waals surface area contributed by atoms with Crippen molar-refractivity contribution >= 4 is 0 Å². The summed E-state index contributed by atoms with van der Waals surface area (Å²) < 4.78 is 0. The molecule has 1 aromatic heterocycles. The SMILES string of the molecule is CCc1ccc(CC(O)c2ccc(C(C)(C)C)cc2)nc1. The highest BCUT2D eigenvalue weighted by atomic mass is 16.3. The van der Waals surface area contributed by atoms with Crippen molar-refractivity contribution in [2.75, 3.05) is 0 Å². The monoisotopic (exact) mass is 283 g/mol. The molecule has 21 heavy (non-hydrogen) atoms. The van der Waals surface area contributed by atoms with Crippen molar-refractivity contribution in [3.05, 3.63) is 65.0 Å². The first-order valence-electron chi connectivity index (χ1n) is 7.62. The molecular formula is C19H25NO. The molecule has 0 fully saturated rings. The van der Waals surface area contributed by atoms with E-state index in [4.69, 9.17) is 0 Å². The maximum atomic E-state index is 10.4. The van der Waals surface area contributed by atoms with Gasteiger partial charge in [-0.05, 0) is 34.6 Å². The van der Waals surface area contributed by atoms with Gasteiger partial charge in [-0.25, -0.2) is 0 Å². The van der Waals surface area contributed by atoms with Gasteiger partial charge in [-0.15, -0.1) is 0 Å². The maximum absolute atomic E-state index is 10.4. The Morgan fingerprint density at radius 3 is 2.19 bits per heavy atom. The Kier molecular flexibility index (Phi) is 4.79. The molecule has 2 rings (SSSR count). The van der Waals surface area contributed by atoms with Gasteiger partial charge in [0.25, 0.3) is 0 Å². The van der Waals surface area contributed by atoms with Crippen LogP contribution in [0.25, 0.3) is 0 Å². The van der Waals surface area contributed by atoms with Crippen LogP contribution in [-0.4, -0.2) is 10.1 Å². The minimum atomic E-state index is -0.501. The Morgan fingerprint density at radius 2 is 1.71 bits per heavy atom. The van der Waals surface area contributed by atoms with Crippen molar-refractivity contribution in [3.63, 3.8) is 0 Å². The zero-order chi connectivity index (χ0) is 15.5. The number of aromatic nitrogens is 1. The maximum Gasteiger partial charge on any atom is 0.0845 e. The minimum absolute atomic E-state index is 0.140. The molecule has 2 heteroatoms. The zero-order valence-electron chi connectivity index (χ0n) is 13.4. The number of nitrogens with zero attached hydrogens (tertiary/aromatic N) is 1. The fraction of sp³-hybridized carbons (Fsp3) is 0.421. The van der Waals surface area contributed by atoms with E-state index < -0.39 is 6.10 Å². The molecule has 0 spiro atoms. The number of benzene rings is 1. The summed E-state index contributed by atoms with van der Waals surface area (Å²) in [7, 11) is 0. The van der Waals surface area contributed by atoms with Gasteiger partial charge in [0, 0.05) is 18.3 Å². The molecule has 0 aliphatic rings. The largest absolute Gasteiger partial charge is 0.388 e. The van der Waals surface area contributed by atoms with Crippen LogP contribution in [0, 0.1) is 0 Å². The first-order valence-corrected chi connectivity index (χ1v) is 7.62. The number of hydrogen-bond acceptors (Lipinski definition) is 2. The van der Waals surface area contributed by atoms with E-state index in [0.29, 0.717) is 6.42 Å². The topological polar surface area (TPSA) is 33.1 Å². The van der Waals surface area contributed by atoms with E-state index in [1.807, 2.05) is 24.4 Å². The molecule has 1 heterocycles. The molecule has 0 saturated heterocycles. The van der Waals surface area contributed by atoms with Gasteiger partial charge < -0.3 is 5.11 Å². The fourth-order valence-electron chi connectivity index (χ4n) is 2.31. The Morgan fingerprint density at radius 1 is 1.05 bits per heavy atom. The highest BCUT2D eigenvalue weighted by Gasteiger charge is 2.15. The van der Waals surface area contributed by atoms with E-state index in [-0.39, 0.29) is 5.41 Å². The summed E-state index contributed by atoms with van der Waals surface area (Å²) in [4.78, 5) is 4.41. The van der Waals surface area contributed by atoms with Crippen molar-refractivity contribution in [1.82, 2.24) is 4.98 Å². The molecule has 1 N–H and O–H groups in total. The molecule has 0 aliphatic carbocycles. The first-order chi connectivity index (χ1) is 9.90. The third-order valence-electron chi connectivity index (χ3n) is 3.86. The highest BCUT2D eigenvalue weighted by molar-refractivity contribution is 5.29. The summed E-state index contributed by atoms with van der Waals surface area (Å²) in [6, 6.07) is 12.3. The lowest BCUT2D eigenvalue weighted by Crippen LogP contribution is -2.11. The van der Waals surface area contributed by atoms with Crippen LogP contribution >= 0.6 is 0 Å². The van der Waals surface area contributed by atoms with Crippen LogP contribution in [0.2, 0.25) is 0 Å². The second-order valence-corrected chi connectivity index (χ2v) is 6.60. The number of pyridine rings is 1. The first kappa shape index (κ1) is 15.7. The molecule has 1 aromatic carbocycles. The van der Waals surface area contributed by atoms with E-state index in [2.05, 4.69) is 50.9 Å². The number of aliphatic hydroxyl groups is 1. The average Bonchev–Trinajstić information content (AvgIpc) is 2.47. The van der Waals surface area contributed by atoms with Crippen LogP contribution in [-0.2, 0) is 18.3 Å². The molecule has 0 bridgehead atoms. The predicted octanol–water partition coefficient (Wildman–Crippen LogP) is 4.22. The summed E-state index contributed by atoms with van der Waals surface area (Å²) in [5.41, 5.74) is 4.52. The van der Waals surface area contributed by atoms with Crippen LogP contribution in [0.3, 0.4) is 0 Å². The average molecular weight is 283 g/mol. The quantitative estimate of drug-likeness (QED) is 0.911. The molecule has 1 unspecified atom stereocenters. The zero-order valence-corrected chi connectivity index (χ0v) is 13.4. The molecule has 0 saturated carbocycles. The molecule has 0 aliphatic heterocycles. The second kappa shape index (κ2) is 6.40. The van der Waals surface area contributed by atoms with Crippen LogP contribution in [0.1, 0.15) is 56.2 Å². The molecule has 2 aromatic rings. The van der Waals surface area contributed by atoms with E-state index in [9.17, 15) is 5.11 Å². The molecule has 0 amide bonds. The Balaban J connectivity index is 2.07. The lowest BCUT2D eigenvalue weighted by Gasteiger charge is -2.20. The second-order valence-electron chi connectivity index (χ2n) is 6.60. The third-order valence-corrected chi connectivity index (χ3v) is 3.86. The molecular weight excluding hydrogens is 258 g/mol. The van der Waals surface area contributed by atoms with E-state index in [1.54, 1.807) is 0 Å². The van der Waals surface area contributed by atoms with Crippen molar-refractivity contribution in [3.8, 4) is 0 Å². The van der Waals surface area contributed by atoms with Crippen molar-refractivity contribution in [2.24, 2.45) is 0 Å². The van der Waals surface area contributed by atoms with Gasteiger partial charge in [0.05, 0.1) is 6.10 Å². The smallest absolute Gasteiger partial charge is 0.0845 e. The minimum Gasteiger partial charge on any atom is -0.388 e. The van der Waals surface area contributed by atoms with Gasteiger partial charge in [0.15, 0.2) is 0 Å². The summed E-state index contributed by atoms with van der Waals surface area (Å²) in [6.45, 7) is 8.69. The lowest BCUT2D eigenvalue weighted by atomic mass is 9.86. The summed E-state index contributed by atoms with van der Waals surface area (Å²) >= 11 is 0. The van der Waals surface area contributed by atoms with E-state index >= 15 is 0 Å². The van der Waals surface area contributed by atoms with Crippen LogP contribution < -0.4 is 0 Å². The number of hydrogen-bond donors (Lipinski definition) is 1. The summed E-state index contributed by atoms with van der Waals surface area (Å²) in [5.74, 6) is 0. The Hall–Kier alpha value is -1.67. The van der Waals surface area contributed by atoms with E-state index in [0.717, 1.165) is 17.7 Å². The number of rotatable bonds is 4. The molecule has 112 valence electrons. The summed E-state index contributed by atoms with van der Waals surface area (Å²) in [5, 5.41) is 10.4. The van der Waals surface area contributed by atoms with Crippen LogP contribution in [0.4, 0.5) is 0 Å². The number of aliphatic hydroxyl groups excluding tert-OH is 1. The Bertz CT molecular complexity index is 564. The van der Waals surface area contributed by atoms with Crippen LogP contribution in [0.5, 0.6) is 0 Å².